The maximum Gasteiger partial charge on any atom is 0.238 e. The number of methoxy groups -OCH3 is 1. The van der Waals surface area contributed by atoms with Gasteiger partial charge in [-0.3, -0.25) is 4.79 Å². The lowest BCUT2D eigenvalue weighted by molar-refractivity contribution is -0.115. The van der Waals surface area contributed by atoms with Crippen molar-refractivity contribution < 1.29 is 9.53 Å². The highest BCUT2D eigenvalue weighted by Crippen LogP contribution is 2.16. The van der Waals surface area contributed by atoms with E-state index in [0.717, 1.165) is 24.4 Å². The summed E-state index contributed by atoms with van der Waals surface area (Å²) >= 11 is 1.73. The second-order valence-electron chi connectivity index (χ2n) is 4.29. The topological polar surface area (TPSA) is 50.4 Å². The molecule has 1 amide bonds. The molecule has 0 saturated heterocycles. The van der Waals surface area contributed by atoms with E-state index in [2.05, 4.69) is 22.1 Å². The molecule has 2 aromatic rings. The molecule has 0 saturated carbocycles. The number of rotatable bonds is 7. The zero-order valence-electron chi connectivity index (χ0n) is 11.4. The lowest BCUT2D eigenvalue weighted by Gasteiger charge is -2.07. The lowest BCUT2D eigenvalue weighted by Crippen LogP contribution is -2.29. The number of hydrogen-bond acceptors (Lipinski definition) is 4. The average molecular weight is 290 g/mol. The van der Waals surface area contributed by atoms with Gasteiger partial charge in [0.2, 0.25) is 5.91 Å². The Kier molecular flexibility index (Phi) is 5.58. The summed E-state index contributed by atoms with van der Waals surface area (Å²) in [6.07, 6.45) is 0.949. The molecule has 0 aliphatic carbocycles. The molecular formula is C15H18N2O2S. The Hall–Kier alpha value is -1.85. The Morgan fingerprint density at radius 1 is 1.30 bits per heavy atom. The minimum absolute atomic E-state index is 0.0515. The molecule has 1 heterocycles. The molecule has 1 aromatic heterocycles. The molecule has 0 atom stereocenters. The van der Waals surface area contributed by atoms with Gasteiger partial charge in [0.05, 0.1) is 13.7 Å². The number of anilines is 1. The van der Waals surface area contributed by atoms with Crippen molar-refractivity contribution in [3.63, 3.8) is 0 Å². The molecule has 106 valence electrons. The highest BCUT2D eigenvalue weighted by Gasteiger charge is 2.03. The van der Waals surface area contributed by atoms with Crippen molar-refractivity contribution in [2.45, 2.75) is 6.42 Å². The average Bonchev–Trinajstić information content (AvgIpc) is 2.97. The maximum atomic E-state index is 11.8. The van der Waals surface area contributed by atoms with Crippen LogP contribution in [0.25, 0.3) is 0 Å². The molecule has 20 heavy (non-hydrogen) atoms. The molecular weight excluding hydrogens is 272 g/mol. The first-order valence-corrected chi connectivity index (χ1v) is 7.33. The summed E-state index contributed by atoms with van der Waals surface area (Å²) in [5, 5.41) is 8.03. The van der Waals surface area contributed by atoms with Gasteiger partial charge >= 0.3 is 0 Å². The highest BCUT2D eigenvalue weighted by atomic mass is 32.1. The second kappa shape index (κ2) is 7.67. The van der Waals surface area contributed by atoms with Gasteiger partial charge in [-0.2, -0.15) is 0 Å². The van der Waals surface area contributed by atoms with Gasteiger partial charge in [0.1, 0.15) is 5.75 Å². The number of nitrogens with one attached hydrogen (secondary N) is 2. The molecule has 0 unspecified atom stereocenters. The Labute approximate surface area is 122 Å². The van der Waals surface area contributed by atoms with Crippen molar-refractivity contribution in [1.29, 1.82) is 0 Å². The number of benzene rings is 1. The van der Waals surface area contributed by atoms with Gasteiger partial charge in [0.25, 0.3) is 0 Å². The summed E-state index contributed by atoms with van der Waals surface area (Å²) in [7, 11) is 1.60. The summed E-state index contributed by atoms with van der Waals surface area (Å²) in [5.41, 5.74) is 0.745. The van der Waals surface area contributed by atoms with Crippen LogP contribution in [0.15, 0.2) is 41.8 Å². The molecule has 2 N–H and O–H groups in total. The Balaban J connectivity index is 1.69. The number of hydrogen-bond donors (Lipinski definition) is 2. The highest BCUT2D eigenvalue weighted by molar-refractivity contribution is 7.09. The molecule has 0 aliphatic heterocycles. The van der Waals surface area contributed by atoms with Gasteiger partial charge < -0.3 is 15.4 Å². The normalized spacial score (nSPS) is 10.2. The van der Waals surface area contributed by atoms with Gasteiger partial charge in [-0.15, -0.1) is 11.3 Å². The van der Waals surface area contributed by atoms with Gasteiger partial charge in [-0.05, 0) is 30.0 Å². The molecule has 0 spiro atoms. The largest absolute Gasteiger partial charge is 0.497 e. The summed E-state index contributed by atoms with van der Waals surface area (Å²) in [4.78, 5) is 13.1. The quantitative estimate of drug-likeness (QED) is 0.770. The monoisotopic (exact) mass is 290 g/mol. The lowest BCUT2D eigenvalue weighted by atomic mass is 10.3. The number of thiophene rings is 1. The van der Waals surface area contributed by atoms with E-state index < -0.39 is 0 Å². The van der Waals surface area contributed by atoms with Gasteiger partial charge in [0, 0.05) is 23.2 Å². The summed E-state index contributed by atoms with van der Waals surface area (Å²) in [6.45, 7) is 1.11. The van der Waals surface area contributed by atoms with Gasteiger partial charge in [0.15, 0.2) is 0 Å². The van der Waals surface area contributed by atoms with E-state index in [0.29, 0.717) is 6.54 Å². The number of carbonyl (C=O) groups is 1. The fourth-order valence-electron chi connectivity index (χ4n) is 1.77. The summed E-state index contributed by atoms with van der Waals surface area (Å²) in [6, 6.07) is 11.5. The molecule has 5 heteroatoms. The third kappa shape index (κ3) is 4.68. The molecule has 0 fully saturated rings. The summed E-state index contributed by atoms with van der Waals surface area (Å²) < 4.78 is 5.11. The predicted octanol–water partition coefficient (Wildman–Crippen LogP) is 2.53. The number of carbonyl (C=O) groups excluding carboxylic acids is 1. The van der Waals surface area contributed by atoms with Crippen LogP contribution in [-0.2, 0) is 11.2 Å². The third-order valence-electron chi connectivity index (χ3n) is 2.77. The number of amides is 1. The molecule has 0 bridgehead atoms. The molecule has 4 nitrogen and oxygen atoms in total. The van der Waals surface area contributed by atoms with Crippen LogP contribution >= 0.6 is 11.3 Å². The minimum atomic E-state index is -0.0515. The molecule has 0 aliphatic rings. The first-order valence-electron chi connectivity index (χ1n) is 6.45. The first-order chi connectivity index (χ1) is 9.78. The van der Waals surface area contributed by atoms with Crippen LogP contribution in [-0.4, -0.2) is 26.1 Å². The van der Waals surface area contributed by atoms with E-state index in [9.17, 15) is 4.79 Å². The van der Waals surface area contributed by atoms with Crippen LogP contribution in [0.4, 0.5) is 5.69 Å². The van der Waals surface area contributed by atoms with Gasteiger partial charge in [-0.1, -0.05) is 12.1 Å². The van der Waals surface area contributed by atoms with Crippen molar-refractivity contribution in [3.05, 3.63) is 46.7 Å². The van der Waals surface area contributed by atoms with Crippen LogP contribution in [0.3, 0.4) is 0 Å². The van der Waals surface area contributed by atoms with E-state index in [1.54, 1.807) is 24.5 Å². The van der Waals surface area contributed by atoms with Crippen molar-refractivity contribution in [2.24, 2.45) is 0 Å². The predicted molar refractivity (Wildman–Crippen MR) is 82.5 cm³/mol. The smallest absolute Gasteiger partial charge is 0.238 e. The Morgan fingerprint density at radius 3 is 2.95 bits per heavy atom. The van der Waals surface area contributed by atoms with Crippen LogP contribution < -0.4 is 15.4 Å². The van der Waals surface area contributed by atoms with E-state index >= 15 is 0 Å². The fourth-order valence-corrected chi connectivity index (χ4v) is 2.48. The molecule has 0 radical (unpaired) electrons. The Morgan fingerprint density at radius 2 is 2.20 bits per heavy atom. The van der Waals surface area contributed by atoms with Crippen LogP contribution in [0, 0.1) is 0 Å². The SMILES string of the molecule is COc1cccc(NC(=O)CNCCc2cccs2)c1. The third-order valence-corrected chi connectivity index (χ3v) is 3.70. The first kappa shape index (κ1) is 14.6. The fraction of sp³-hybridized carbons (Fsp3) is 0.267. The van der Waals surface area contributed by atoms with Crippen molar-refractivity contribution in [1.82, 2.24) is 5.32 Å². The standard InChI is InChI=1S/C15H18N2O2S/c1-19-13-5-2-4-12(10-13)17-15(18)11-16-8-7-14-6-3-9-20-14/h2-6,9-10,16H,7-8,11H2,1H3,(H,17,18). The van der Waals surface area contributed by atoms with E-state index in [-0.39, 0.29) is 5.91 Å². The van der Waals surface area contributed by atoms with E-state index in [4.69, 9.17) is 4.74 Å². The zero-order valence-corrected chi connectivity index (χ0v) is 12.2. The maximum absolute atomic E-state index is 11.8. The van der Waals surface area contributed by atoms with Crippen molar-refractivity contribution in [3.8, 4) is 5.75 Å². The molecule has 2 rings (SSSR count). The summed E-state index contributed by atoms with van der Waals surface area (Å²) in [5.74, 6) is 0.679. The Bertz CT molecular complexity index is 541. The van der Waals surface area contributed by atoms with E-state index in [1.807, 2.05) is 24.3 Å². The van der Waals surface area contributed by atoms with Crippen LogP contribution in [0.1, 0.15) is 4.88 Å². The number of ether oxygens (including phenoxy) is 1. The van der Waals surface area contributed by atoms with Gasteiger partial charge in [-0.25, -0.2) is 0 Å². The molecule has 1 aromatic carbocycles. The van der Waals surface area contributed by atoms with Crippen LogP contribution in [0.2, 0.25) is 0 Å². The second-order valence-corrected chi connectivity index (χ2v) is 5.32. The minimum Gasteiger partial charge on any atom is -0.497 e. The van der Waals surface area contributed by atoms with Crippen LogP contribution in [0.5, 0.6) is 5.75 Å². The van der Waals surface area contributed by atoms with Crippen molar-refractivity contribution >= 4 is 22.9 Å². The van der Waals surface area contributed by atoms with Crippen molar-refractivity contribution in [2.75, 3.05) is 25.5 Å². The zero-order chi connectivity index (χ0) is 14.2. The van der Waals surface area contributed by atoms with E-state index in [1.165, 1.54) is 4.88 Å².